The summed E-state index contributed by atoms with van der Waals surface area (Å²) in [6.07, 6.45) is 0.542. The second-order valence-corrected chi connectivity index (χ2v) is 7.50. The maximum absolute atomic E-state index is 12.5. The van der Waals surface area contributed by atoms with Crippen LogP contribution in [-0.4, -0.2) is 28.7 Å². The molecule has 7 heteroatoms. The Morgan fingerprint density at radius 1 is 1.12 bits per heavy atom. The van der Waals surface area contributed by atoms with Gasteiger partial charge >= 0.3 is 0 Å². The highest BCUT2D eigenvalue weighted by atomic mass is 35.5. The Labute approximate surface area is 147 Å². The summed E-state index contributed by atoms with van der Waals surface area (Å²) in [5.41, 5.74) is 0.984. The molecule has 24 heavy (non-hydrogen) atoms. The quantitative estimate of drug-likeness (QED) is 0.813. The Kier molecular flexibility index (Phi) is 6.10. The van der Waals surface area contributed by atoms with Crippen LogP contribution in [0.2, 0.25) is 5.02 Å². The number of hydrogen-bond acceptors (Lipinski definition) is 4. The molecule has 0 fully saturated rings. The molecule has 0 aromatic heterocycles. The highest BCUT2D eigenvalue weighted by Gasteiger charge is 2.19. The molecule has 0 heterocycles. The van der Waals surface area contributed by atoms with Crippen molar-refractivity contribution < 1.29 is 17.9 Å². The minimum absolute atomic E-state index is 0.103. The van der Waals surface area contributed by atoms with Crippen molar-refractivity contribution in [2.45, 2.75) is 24.3 Å². The van der Waals surface area contributed by atoms with E-state index in [0.717, 1.165) is 11.3 Å². The van der Waals surface area contributed by atoms with Gasteiger partial charge < -0.3 is 9.47 Å². The first-order valence-electron chi connectivity index (χ1n) is 7.34. The normalized spacial score (nSPS) is 12.7. The van der Waals surface area contributed by atoms with Gasteiger partial charge in [-0.1, -0.05) is 23.7 Å². The van der Waals surface area contributed by atoms with Crippen molar-refractivity contribution in [2.75, 3.05) is 14.2 Å². The molecule has 0 amide bonds. The monoisotopic (exact) mass is 369 g/mol. The zero-order valence-electron chi connectivity index (χ0n) is 13.7. The summed E-state index contributed by atoms with van der Waals surface area (Å²) in [6, 6.07) is 11.6. The van der Waals surface area contributed by atoms with E-state index < -0.39 is 10.0 Å². The molecular weight excluding hydrogens is 350 g/mol. The fraction of sp³-hybridized carbons (Fsp3) is 0.294. The fourth-order valence-electron chi connectivity index (χ4n) is 2.34. The van der Waals surface area contributed by atoms with E-state index >= 15 is 0 Å². The number of rotatable bonds is 7. The smallest absolute Gasteiger partial charge is 0.240 e. The van der Waals surface area contributed by atoms with E-state index in [4.69, 9.17) is 21.1 Å². The molecule has 0 saturated heterocycles. The second-order valence-electron chi connectivity index (χ2n) is 5.37. The molecule has 0 aliphatic carbocycles. The standard InChI is InChI=1S/C17H20ClNO4S/c1-12(9-13-5-4-6-14(10-13)22-2)19-24(20,21)15-7-8-17(23-3)16(18)11-15/h4-8,10-12,19H,9H2,1-3H3. The molecule has 1 unspecified atom stereocenters. The predicted molar refractivity (Wildman–Crippen MR) is 94.5 cm³/mol. The Hall–Kier alpha value is -1.76. The molecule has 130 valence electrons. The van der Waals surface area contributed by atoms with Gasteiger partial charge in [0.05, 0.1) is 24.1 Å². The Bertz CT molecular complexity index is 808. The summed E-state index contributed by atoms with van der Waals surface area (Å²) in [7, 11) is -0.592. The summed E-state index contributed by atoms with van der Waals surface area (Å²) in [6.45, 7) is 1.81. The van der Waals surface area contributed by atoms with E-state index in [0.29, 0.717) is 12.2 Å². The number of sulfonamides is 1. The van der Waals surface area contributed by atoms with Gasteiger partial charge in [0.1, 0.15) is 11.5 Å². The van der Waals surface area contributed by atoms with Crippen molar-refractivity contribution in [1.29, 1.82) is 0 Å². The fourth-order valence-corrected chi connectivity index (χ4v) is 3.93. The maximum Gasteiger partial charge on any atom is 0.240 e. The molecule has 0 aliphatic heterocycles. The van der Waals surface area contributed by atoms with Crippen LogP contribution in [0.1, 0.15) is 12.5 Å². The largest absolute Gasteiger partial charge is 0.497 e. The minimum Gasteiger partial charge on any atom is -0.497 e. The lowest BCUT2D eigenvalue weighted by Crippen LogP contribution is -2.34. The van der Waals surface area contributed by atoms with Crippen LogP contribution < -0.4 is 14.2 Å². The van der Waals surface area contributed by atoms with Crippen molar-refractivity contribution in [2.24, 2.45) is 0 Å². The minimum atomic E-state index is -3.66. The second kappa shape index (κ2) is 7.88. The molecular formula is C17H20ClNO4S. The van der Waals surface area contributed by atoms with Gasteiger partial charge in [-0.05, 0) is 49.2 Å². The van der Waals surface area contributed by atoms with Crippen molar-refractivity contribution in [3.63, 3.8) is 0 Å². The predicted octanol–water partition coefficient (Wildman–Crippen LogP) is 3.27. The first kappa shape index (κ1) is 18.6. The van der Waals surface area contributed by atoms with Crippen molar-refractivity contribution in [3.05, 3.63) is 53.1 Å². The molecule has 1 atom stereocenters. The molecule has 2 rings (SSSR count). The van der Waals surface area contributed by atoms with Crippen molar-refractivity contribution >= 4 is 21.6 Å². The van der Waals surface area contributed by atoms with Crippen LogP contribution >= 0.6 is 11.6 Å². The van der Waals surface area contributed by atoms with Crippen LogP contribution in [0.5, 0.6) is 11.5 Å². The number of ether oxygens (including phenoxy) is 2. The van der Waals surface area contributed by atoms with E-state index in [1.54, 1.807) is 7.11 Å². The van der Waals surface area contributed by atoms with Crippen LogP contribution in [0.15, 0.2) is 47.4 Å². The van der Waals surface area contributed by atoms with Gasteiger partial charge in [0, 0.05) is 6.04 Å². The number of nitrogens with one attached hydrogen (secondary N) is 1. The summed E-state index contributed by atoms with van der Waals surface area (Å²) in [4.78, 5) is 0.103. The molecule has 2 aromatic rings. The highest BCUT2D eigenvalue weighted by molar-refractivity contribution is 7.89. The first-order chi connectivity index (χ1) is 11.4. The van der Waals surface area contributed by atoms with Gasteiger partial charge in [-0.2, -0.15) is 0 Å². The van der Waals surface area contributed by atoms with E-state index in [9.17, 15) is 8.42 Å². The average molecular weight is 370 g/mol. The SMILES string of the molecule is COc1cccc(CC(C)NS(=O)(=O)c2ccc(OC)c(Cl)c2)c1. The third-order valence-electron chi connectivity index (χ3n) is 3.47. The maximum atomic E-state index is 12.5. The summed E-state index contributed by atoms with van der Waals surface area (Å²) >= 11 is 6.00. The van der Waals surface area contributed by atoms with Gasteiger partial charge in [-0.3, -0.25) is 0 Å². The Morgan fingerprint density at radius 3 is 2.50 bits per heavy atom. The van der Waals surface area contributed by atoms with Gasteiger partial charge in [0.2, 0.25) is 10.0 Å². The highest BCUT2D eigenvalue weighted by Crippen LogP contribution is 2.27. The topological polar surface area (TPSA) is 64.6 Å². The van der Waals surface area contributed by atoms with E-state index in [2.05, 4.69) is 4.72 Å². The lowest BCUT2D eigenvalue weighted by molar-refractivity contribution is 0.414. The molecule has 0 aliphatic rings. The van der Waals surface area contributed by atoms with E-state index in [1.165, 1.54) is 25.3 Å². The third kappa shape index (κ3) is 4.63. The van der Waals surface area contributed by atoms with Crippen LogP contribution in [0.25, 0.3) is 0 Å². The molecule has 0 spiro atoms. The van der Waals surface area contributed by atoms with Gasteiger partial charge in [-0.15, -0.1) is 0 Å². The van der Waals surface area contributed by atoms with Gasteiger partial charge in [0.15, 0.2) is 0 Å². The van der Waals surface area contributed by atoms with Crippen LogP contribution in [0, 0.1) is 0 Å². The average Bonchev–Trinajstić information content (AvgIpc) is 2.54. The number of halogens is 1. The zero-order valence-corrected chi connectivity index (χ0v) is 15.3. The molecule has 1 N–H and O–H groups in total. The first-order valence-corrected chi connectivity index (χ1v) is 9.20. The Morgan fingerprint density at radius 2 is 1.88 bits per heavy atom. The lowest BCUT2D eigenvalue weighted by atomic mass is 10.1. The molecule has 5 nitrogen and oxygen atoms in total. The number of hydrogen-bond donors (Lipinski definition) is 1. The lowest BCUT2D eigenvalue weighted by Gasteiger charge is -2.15. The van der Waals surface area contributed by atoms with Crippen LogP contribution in [0.4, 0.5) is 0 Å². The molecule has 2 aromatic carbocycles. The van der Waals surface area contributed by atoms with E-state index in [-0.39, 0.29) is 16.0 Å². The van der Waals surface area contributed by atoms with E-state index in [1.807, 2.05) is 31.2 Å². The van der Waals surface area contributed by atoms with Crippen LogP contribution in [-0.2, 0) is 16.4 Å². The number of methoxy groups -OCH3 is 2. The molecule has 0 bridgehead atoms. The van der Waals surface area contributed by atoms with Crippen molar-refractivity contribution in [3.8, 4) is 11.5 Å². The summed E-state index contributed by atoms with van der Waals surface area (Å²) in [5.74, 6) is 1.17. The zero-order chi connectivity index (χ0) is 17.7. The summed E-state index contributed by atoms with van der Waals surface area (Å²) < 4.78 is 37.8. The van der Waals surface area contributed by atoms with Gasteiger partial charge in [0.25, 0.3) is 0 Å². The summed E-state index contributed by atoms with van der Waals surface area (Å²) in [5, 5.41) is 0.251. The molecule has 0 radical (unpaired) electrons. The van der Waals surface area contributed by atoms with Crippen LogP contribution in [0.3, 0.4) is 0 Å². The van der Waals surface area contributed by atoms with Crippen molar-refractivity contribution in [1.82, 2.24) is 4.72 Å². The van der Waals surface area contributed by atoms with Gasteiger partial charge in [-0.25, -0.2) is 13.1 Å². The molecule has 0 saturated carbocycles. The Balaban J connectivity index is 2.11. The number of benzene rings is 2. The third-order valence-corrected chi connectivity index (χ3v) is 5.35.